The molecule has 0 saturated heterocycles. The summed E-state index contributed by atoms with van der Waals surface area (Å²) < 4.78 is 5.08. The normalized spacial score (nSPS) is 14.6. The van der Waals surface area contributed by atoms with E-state index in [2.05, 4.69) is 0 Å². The second-order valence-electron chi connectivity index (χ2n) is 8.05. The maximum Gasteiger partial charge on any atom is 0.305 e. The van der Waals surface area contributed by atoms with E-state index >= 15 is 0 Å². The Morgan fingerprint density at radius 2 is 1.21 bits per heavy atom. The van der Waals surface area contributed by atoms with Crippen LogP contribution >= 0.6 is 0 Å². The first-order valence-electron chi connectivity index (χ1n) is 11.2. The van der Waals surface area contributed by atoms with E-state index < -0.39 is 12.2 Å². The third kappa shape index (κ3) is 17.4. The van der Waals surface area contributed by atoms with Crippen molar-refractivity contribution in [3.05, 3.63) is 0 Å². The number of carbonyl (C=O) groups is 1. The number of aliphatic hydroxyl groups excluding tert-OH is 4. The molecule has 0 aromatic heterocycles. The van der Waals surface area contributed by atoms with Gasteiger partial charge in [0.15, 0.2) is 0 Å². The van der Waals surface area contributed by atoms with E-state index in [0.717, 1.165) is 70.6 Å². The maximum absolute atomic E-state index is 11.5. The summed E-state index contributed by atoms with van der Waals surface area (Å²) in [4.78, 5) is 11.5. The highest BCUT2D eigenvalue weighted by molar-refractivity contribution is 5.69. The molecule has 168 valence electrons. The van der Waals surface area contributed by atoms with Gasteiger partial charge in [-0.1, -0.05) is 64.7 Å². The number of ether oxygens (including phenoxy) is 1. The summed E-state index contributed by atoms with van der Waals surface area (Å²) >= 11 is 0. The predicted octanol–water partition coefficient (Wildman–Crippen LogP) is 3.33. The molecule has 0 aliphatic heterocycles. The van der Waals surface area contributed by atoms with Gasteiger partial charge in [0.25, 0.3) is 0 Å². The highest BCUT2D eigenvalue weighted by Gasteiger charge is 2.15. The first-order valence-corrected chi connectivity index (χ1v) is 11.2. The smallest absolute Gasteiger partial charge is 0.305 e. The third-order valence-electron chi connectivity index (χ3n) is 5.07. The van der Waals surface area contributed by atoms with Crippen molar-refractivity contribution in [3.63, 3.8) is 0 Å². The molecule has 4 N–H and O–H groups in total. The van der Waals surface area contributed by atoms with E-state index in [0.29, 0.717) is 19.3 Å². The highest BCUT2D eigenvalue weighted by atomic mass is 16.5. The van der Waals surface area contributed by atoms with Gasteiger partial charge in [0.05, 0.1) is 18.8 Å². The summed E-state index contributed by atoms with van der Waals surface area (Å²) in [5, 5.41) is 37.6. The Morgan fingerprint density at radius 1 is 0.750 bits per heavy atom. The van der Waals surface area contributed by atoms with Crippen molar-refractivity contribution >= 4 is 5.97 Å². The zero-order valence-electron chi connectivity index (χ0n) is 17.9. The molecule has 6 nitrogen and oxygen atoms in total. The van der Waals surface area contributed by atoms with Crippen LogP contribution in [-0.2, 0) is 9.53 Å². The number of rotatable bonds is 20. The minimum atomic E-state index is -0.641. The van der Waals surface area contributed by atoms with Crippen LogP contribution in [0, 0.1) is 5.92 Å². The molecule has 0 aliphatic carbocycles. The Labute approximate surface area is 171 Å². The molecule has 6 heteroatoms. The van der Waals surface area contributed by atoms with Crippen LogP contribution in [0.2, 0.25) is 0 Å². The first-order chi connectivity index (χ1) is 13.5. The molecule has 0 bridgehead atoms. The van der Waals surface area contributed by atoms with Crippen molar-refractivity contribution in [3.8, 4) is 0 Å². The van der Waals surface area contributed by atoms with Gasteiger partial charge >= 0.3 is 5.97 Å². The second-order valence-corrected chi connectivity index (χ2v) is 8.05. The highest BCUT2D eigenvalue weighted by Crippen LogP contribution is 2.15. The van der Waals surface area contributed by atoms with Gasteiger partial charge in [-0.05, 0) is 25.7 Å². The van der Waals surface area contributed by atoms with Gasteiger partial charge in [-0.15, -0.1) is 0 Å². The summed E-state index contributed by atoms with van der Waals surface area (Å²) in [6, 6.07) is 0. The van der Waals surface area contributed by atoms with Crippen LogP contribution < -0.4 is 0 Å². The lowest BCUT2D eigenvalue weighted by atomic mass is 9.99. The zero-order valence-corrected chi connectivity index (χ0v) is 17.9. The topological polar surface area (TPSA) is 107 Å². The molecular formula is C22H44O6. The van der Waals surface area contributed by atoms with Crippen molar-refractivity contribution in [2.45, 2.75) is 109 Å². The fourth-order valence-electron chi connectivity index (χ4n) is 3.07. The average Bonchev–Trinajstić information content (AvgIpc) is 2.70. The van der Waals surface area contributed by atoms with E-state index in [9.17, 15) is 15.0 Å². The van der Waals surface area contributed by atoms with Gasteiger partial charge in [-0.2, -0.15) is 0 Å². The van der Waals surface area contributed by atoms with Crippen LogP contribution in [0.5, 0.6) is 0 Å². The molecule has 0 amide bonds. The van der Waals surface area contributed by atoms with Crippen molar-refractivity contribution in [1.29, 1.82) is 0 Å². The molecule has 0 aliphatic rings. The zero-order chi connectivity index (χ0) is 21.0. The van der Waals surface area contributed by atoms with Gasteiger partial charge in [0.1, 0.15) is 0 Å². The molecule has 28 heavy (non-hydrogen) atoms. The Balaban J connectivity index is 3.45. The predicted molar refractivity (Wildman–Crippen MR) is 111 cm³/mol. The number of carbonyl (C=O) groups excluding carboxylic acids is 1. The molecule has 0 aromatic carbocycles. The van der Waals surface area contributed by atoms with Crippen LogP contribution in [0.3, 0.4) is 0 Å². The molecule has 0 heterocycles. The molecule has 0 radical (unpaired) electrons. The van der Waals surface area contributed by atoms with Crippen LogP contribution in [0.25, 0.3) is 0 Å². The molecule has 0 aromatic rings. The Bertz CT molecular complexity index is 350. The van der Waals surface area contributed by atoms with Gasteiger partial charge in [0, 0.05) is 25.6 Å². The quantitative estimate of drug-likeness (QED) is 0.183. The fourth-order valence-corrected chi connectivity index (χ4v) is 3.07. The van der Waals surface area contributed by atoms with Crippen molar-refractivity contribution < 1.29 is 30.0 Å². The third-order valence-corrected chi connectivity index (χ3v) is 5.07. The SMILES string of the molecule is CC(CO)COC(=O)CCCCCCCC(O)C(O)CCCCCCCCO. The standard InChI is InChI=1S/C22H44O6/c1-19(17-24)18-28-22(27)15-11-7-4-6-10-14-21(26)20(25)13-9-5-2-3-8-12-16-23/h19-21,23-26H,2-18H2,1H3. The van der Waals surface area contributed by atoms with Crippen LogP contribution in [0.4, 0.5) is 0 Å². The maximum atomic E-state index is 11.5. The number of hydrogen-bond donors (Lipinski definition) is 4. The molecule has 3 unspecified atom stereocenters. The van der Waals surface area contributed by atoms with Crippen molar-refractivity contribution in [2.75, 3.05) is 19.8 Å². The van der Waals surface area contributed by atoms with Gasteiger partial charge in [-0.3, -0.25) is 4.79 Å². The van der Waals surface area contributed by atoms with E-state index in [1.165, 1.54) is 0 Å². The Hall–Kier alpha value is -0.690. The Morgan fingerprint density at radius 3 is 1.71 bits per heavy atom. The van der Waals surface area contributed by atoms with Crippen molar-refractivity contribution in [2.24, 2.45) is 5.92 Å². The largest absolute Gasteiger partial charge is 0.465 e. The van der Waals surface area contributed by atoms with Gasteiger partial charge < -0.3 is 25.2 Å². The molecule has 0 rings (SSSR count). The lowest BCUT2D eigenvalue weighted by molar-refractivity contribution is -0.145. The summed E-state index contributed by atoms with van der Waals surface area (Å²) in [5.41, 5.74) is 0. The molecule has 3 atom stereocenters. The number of esters is 1. The number of aliphatic hydroxyl groups is 4. The Kier molecular flexibility index (Phi) is 19.1. The molecule has 0 spiro atoms. The minimum absolute atomic E-state index is 0.0115. The van der Waals surface area contributed by atoms with Gasteiger partial charge in [-0.25, -0.2) is 0 Å². The molecule has 0 saturated carbocycles. The first kappa shape index (κ1) is 27.3. The number of unbranched alkanes of at least 4 members (excludes halogenated alkanes) is 9. The van der Waals surface area contributed by atoms with Crippen LogP contribution in [0.1, 0.15) is 96.8 Å². The summed E-state index contributed by atoms with van der Waals surface area (Å²) in [5.74, 6) is -0.213. The summed E-state index contributed by atoms with van der Waals surface area (Å²) in [7, 11) is 0. The van der Waals surface area contributed by atoms with E-state index in [1.54, 1.807) is 0 Å². The van der Waals surface area contributed by atoms with Gasteiger partial charge in [0.2, 0.25) is 0 Å². The lowest BCUT2D eigenvalue weighted by Crippen LogP contribution is -2.25. The summed E-state index contributed by atoms with van der Waals surface area (Å²) in [6.45, 7) is 2.40. The number of hydrogen-bond acceptors (Lipinski definition) is 6. The average molecular weight is 405 g/mol. The van der Waals surface area contributed by atoms with E-state index in [-0.39, 0.29) is 31.7 Å². The van der Waals surface area contributed by atoms with Crippen LogP contribution in [0.15, 0.2) is 0 Å². The van der Waals surface area contributed by atoms with Crippen LogP contribution in [-0.4, -0.2) is 58.4 Å². The summed E-state index contributed by atoms with van der Waals surface area (Å²) in [6.07, 6.45) is 11.2. The fraction of sp³-hybridized carbons (Fsp3) is 0.955. The van der Waals surface area contributed by atoms with Crippen molar-refractivity contribution in [1.82, 2.24) is 0 Å². The lowest BCUT2D eigenvalue weighted by Gasteiger charge is -2.17. The molecular weight excluding hydrogens is 360 g/mol. The molecule has 0 fully saturated rings. The monoisotopic (exact) mass is 404 g/mol. The second kappa shape index (κ2) is 19.6. The van der Waals surface area contributed by atoms with E-state index in [4.69, 9.17) is 14.9 Å². The van der Waals surface area contributed by atoms with E-state index in [1.807, 2.05) is 6.92 Å². The minimum Gasteiger partial charge on any atom is -0.465 e.